The van der Waals surface area contributed by atoms with Crippen molar-refractivity contribution in [3.05, 3.63) is 83.9 Å². The van der Waals surface area contributed by atoms with Gasteiger partial charge in [-0.05, 0) is 65.4 Å². The highest BCUT2D eigenvalue weighted by Crippen LogP contribution is 2.32. The van der Waals surface area contributed by atoms with E-state index in [9.17, 15) is 9.59 Å². The number of aromatic amines is 1. The lowest BCUT2D eigenvalue weighted by atomic mass is 9.92. The molecule has 2 amide bonds. The number of nitrogens with one attached hydrogen (secondary N) is 2. The van der Waals surface area contributed by atoms with E-state index in [1.807, 2.05) is 72.8 Å². The molecule has 38 heavy (non-hydrogen) atoms. The summed E-state index contributed by atoms with van der Waals surface area (Å²) in [6.07, 6.45) is 1.23. The SMILES string of the molecule is CC(C)(CN)C(=O)N[C@@H]1CCc2ccccc2N(Cc2ccc(-c3ccccc3-c3nnn[nH]3)cc2)C1=O. The van der Waals surface area contributed by atoms with Crippen LogP contribution in [0.2, 0.25) is 0 Å². The number of para-hydroxylation sites is 1. The Morgan fingerprint density at radius 1 is 1.05 bits per heavy atom. The molecule has 5 rings (SSSR count). The first-order chi connectivity index (χ1) is 18.4. The van der Waals surface area contributed by atoms with Crippen LogP contribution in [0.15, 0.2) is 72.8 Å². The Labute approximate surface area is 221 Å². The van der Waals surface area contributed by atoms with Crippen molar-refractivity contribution in [2.75, 3.05) is 11.4 Å². The fraction of sp³-hybridized carbons (Fsp3) is 0.276. The second-order valence-electron chi connectivity index (χ2n) is 10.2. The molecule has 0 fully saturated rings. The van der Waals surface area contributed by atoms with Gasteiger partial charge in [0.2, 0.25) is 11.8 Å². The van der Waals surface area contributed by atoms with Gasteiger partial charge in [0.05, 0.1) is 12.0 Å². The fourth-order valence-electron chi connectivity index (χ4n) is 4.65. The number of hydrogen-bond acceptors (Lipinski definition) is 6. The molecule has 194 valence electrons. The highest BCUT2D eigenvalue weighted by Gasteiger charge is 2.35. The minimum Gasteiger partial charge on any atom is -0.344 e. The summed E-state index contributed by atoms with van der Waals surface area (Å²) in [4.78, 5) is 28.4. The number of benzene rings is 3. The van der Waals surface area contributed by atoms with Gasteiger partial charge in [0, 0.05) is 17.8 Å². The van der Waals surface area contributed by atoms with Gasteiger partial charge in [-0.15, -0.1) is 5.10 Å². The topological polar surface area (TPSA) is 130 Å². The van der Waals surface area contributed by atoms with E-state index >= 15 is 0 Å². The molecular formula is C29H31N7O2. The third-order valence-corrected chi connectivity index (χ3v) is 7.11. The molecular weight excluding hydrogens is 478 g/mol. The number of H-pyrrole nitrogens is 1. The van der Waals surface area contributed by atoms with Crippen LogP contribution in [0.25, 0.3) is 22.5 Å². The minimum absolute atomic E-state index is 0.122. The number of amides is 2. The van der Waals surface area contributed by atoms with Gasteiger partial charge in [-0.25, -0.2) is 5.10 Å². The molecule has 9 nitrogen and oxygen atoms in total. The Morgan fingerprint density at radius 2 is 1.76 bits per heavy atom. The van der Waals surface area contributed by atoms with Crippen LogP contribution < -0.4 is 16.0 Å². The molecule has 4 N–H and O–H groups in total. The number of carbonyl (C=O) groups is 2. The molecule has 0 spiro atoms. The molecule has 1 aromatic heterocycles. The van der Waals surface area contributed by atoms with Crippen LogP contribution in [0.3, 0.4) is 0 Å². The van der Waals surface area contributed by atoms with Crippen molar-refractivity contribution in [2.45, 2.75) is 39.3 Å². The number of carbonyl (C=O) groups excluding carboxylic acids is 2. The second kappa shape index (κ2) is 10.5. The number of aromatic nitrogens is 4. The van der Waals surface area contributed by atoms with Gasteiger partial charge in [0.25, 0.3) is 0 Å². The van der Waals surface area contributed by atoms with Gasteiger partial charge in [-0.1, -0.05) is 66.7 Å². The third kappa shape index (κ3) is 5.05. The van der Waals surface area contributed by atoms with Crippen LogP contribution in [-0.4, -0.2) is 45.0 Å². The predicted octanol–water partition coefficient (Wildman–Crippen LogP) is 3.48. The summed E-state index contributed by atoms with van der Waals surface area (Å²) in [5, 5.41) is 17.2. The highest BCUT2D eigenvalue weighted by molar-refractivity contribution is 6.01. The van der Waals surface area contributed by atoms with E-state index in [1.54, 1.807) is 18.7 Å². The van der Waals surface area contributed by atoms with E-state index < -0.39 is 11.5 Å². The molecule has 0 aliphatic carbocycles. The van der Waals surface area contributed by atoms with Crippen LogP contribution >= 0.6 is 0 Å². The maximum atomic E-state index is 13.8. The molecule has 0 radical (unpaired) electrons. The Bertz CT molecular complexity index is 1430. The highest BCUT2D eigenvalue weighted by atomic mass is 16.2. The molecule has 4 aromatic rings. The minimum atomic E-state index is -0.752. The summed E-state index contributed by atoms with van der Waals surface area (Å²) in [6.45, 7) is 4.16. The first-order valence-electron chi connectivity index (χ1n) is 12.7. The Balaban J connectivity index is 1.42. The molecule has 1 aliphatic heterocycles. The molecule has 3 aromatic carbocycles. The monoisotopic (exact) mass is 509 g/mol. The summed E-state index contributed by atoms with van der Waals surface area (Å²) in [6, 6.07) is 23.4. The maximum Gasteiger partial charge on any atom is 0.249 e. The largest absolute Gasteiger partial charge is 0.344 e. The van der Waals surface area contributed by atoms with Gasteiger partial charge in [-0.2, -0.15) is 0 Å². The maximum absolute atomic E-state index is 13.8. The average molecular weight is 510 g/mol. The molecule has 2 heterocycles. The number of rotatable bonds is 7. The number of nitrogens with two attached hydrogens (primary N) is 1. The van der Waals surface area contributed by atoms with Gasteiger partial charge in [-0.3, -0.25) is 9.59 Å². The number of hydrogen-bond donors (Lipinski definition) is 3. The lowest BCUT2D eigenvalue weighted by Gasteiger charge is -2.29. The van der Waals surface area contributed by atoms with Crippen molar-refractivity contribution in [3.63, 3.8) is 0 Å². The summed E-state index contributed by atoms with van der Waals surface area (Å²) >= 11 is 0. The Kier molecular flexibility index (Phi) is 7.02. The van der Waals surface area contributed by atoms with Crippen LogP contribution in [0.5, 0.6) is 0 Å². The van der Waals surface area contributed by atoms with Crippen LogP contribution in [0.4, 0.5) is 5.69 Å². The van der Waals surface area contributed by atoms with Crippen LogP contribution in [0, 0.1) is 5.41 Å². The zero-order valence-corrected chi connectivity index (χ0v) is 21.5. The van der Waals surface area contributed by atoms with Gasteiger partial charge in [0.1, 0.15) is 6.04 Å². The normalized spacial score (nSPS) is 15.6. The van der Waals surface area contributed by atoms with E-state index in [-0.39, 0.29) is 18.4 Å². The smallest absolute Gasteiger partial charge is 0.249 e. The third-order valence-electron chi connectivity index (χ3n) is 7.11. The van der Waals surface area contributed by atoms with E-state index in [1.165, 1.54) is 0 Å². The summed E-state index contributed by atoms with van der Waals surface area (Å²) in [7, 11) is 0. The molecule has 1 atom stereocenters. The molecule has 0 saturated heterocycles. The number of fused-ring (bicyclic) bond motifs is 1. The van der Waals surface area contributed by atoms with Crippen molar-refractivity contribution in [2.24, 2.45) is 11.1 Å². The number of anilines is 1. The molecule has 0 bridgehead atoms. The number of nitrogens with zero attached hydrogens (tertiary/aromatic N) is 4. The molecule has 0 unspecified atom stereocenters. The molecule has 9 heteroatoms. The van der Waals surface area contributed by atoms with E-state index in [0.29, 0.717) is 25.2 Å². The van der Waals surface area contributed by atoms with Crippen molar-refractivity contribution in [1.82, 2.24) is 25.9 Å². The Hall–Kier alpha value is -4.37. The van der Waals surface area contributed by atoms with Crippen molar-refractivity contribution in [1.29, 1.82) is 0 Å². The van der Waals surface area contributed by atoms with Gasteiger partial charge < -0.3 is 16.0 Å². The molecule has 0 saturated carbocycles. The lowest BCUT2D eigenvalue weighted by molar-refractivity contribution is -0.133. The fourth-order valence-corrected chi connectivity index (χ4v) is 4.65. The van der Waals surface area contributed by atoms with E-state index in [4.69, 9.17) is 5.73 Å². The van der Waals surface area contributed by atoms with Crippen LogP contribution in [0.1, 0.15) is 31.4 Å². The first-order valence-corrected chi connectivity index (χ1v) is 12.7. The average Bonchev–Trinajstić information content (AvgIpc) is 3.45. The summed E-state index contributed by atoms with van der Waals surface area (Å²) in [5.41, 5.74) is 10.9. The van der Waals surface area contributed by atoms with E-state index in [0.717, 1.165) is 33.5 Å². The first kappa shape index (κ1) is 25.3. The number of tetrazole rings is 1. The van der Waals surface area contributed by atoms with Crippen molar-refractivity contribution in [3.8, 4) is 22.5 Å². The Morgan fingerprint density at radius 3 is 2.47 bits per heavy atom. The van der Waals surface area contributed by atoms with E-state index in [2.05, 4.69) is 25.9 Å². The lowest BCUT2D eigenvalue weighted by Crippen LogP contribution is -2.52. The zero-order valence-electron chi connectivity index (χ0n) is 21.5. The van der Waals surface area contributed by atoms with Gasteiger partial charge >= 0.3 is 0 Å². The quantitative estimate of drug-likeness (QED) is 0.350. The van der Waals surface area contributed by atoms with Crippen molar-refractivity contribution < 1.29 is 9.59 Å². The summed E-state index contributed by atoms with van der Waals surface area (Å²) < 4.78 is 0. The predicted molar refractivity (Wildman–Crippen MR) is 146 cm³/mol. The van der Waals surface area contributed by atoms with Crippen molar-refractivity contribution >= 4 is 17.5 Å². The zero-order chi connectivity index (χ0) is 26.7. The second-order valence-corrected chi connectivity index (χ2v) is 10.2. The van der Waals surface area contributed by atoms with Crippen LogP contribution in [-0.2, 0) is 22.6 Å². The molecule has 1 aliphatic rings. The summed E-state index contributed by atoms with van der Waals surface area (Å²) in [5.74, 6) is 0.264. The number of aryl methyl sites for hydroxylation is 1. The van der Waals surface area contributed by atoms with Gasteiger partial charge in [0.15, 0.2) is 5.82 Å². The standard InChI is InChI=1S/C29H31N7O2/c1-29(2,18-30)28(38)31-24-16-15-21-7-3-6-10-25(21)36(27(24)37)17-19-11-13-20(14-12-19)22-8-4-5-9-23(22)26-32-34-35-33-26/h3-14,24H,15-18,30H2,1-2H3,(H,31,38)(H,32,33,34,35)/t24-/m1/s1.